The number of rotatable bonds is 4. The molecule has 0 aliphatic carbocycles. The van der Waals surface area contributed by atoms with Crippen LogP contribution in [0, 0.1) is 11.8 Å². The highest BCUT2D eigenvalue weighted by Crippen LogP contribution is 1.98. The third-order valence-corrected chi connectivity index (χ3v) is 2.03. The van der Waals surface area contributed by atoms with Gasteiger partial charge in [-0.3, -0.25) is 4.79 Å². The number of hydrogen-bond acceptors (Lipinski definition) is 4. The topological polar surface area (TPSA) is 92.2 Å². The maximum atomic E-state index is 10.8. The minimum atomic E-state index is -1.06. The number of carbonyl (C=O) groups is 2. The molecule has 0 aliphatic rings. The van der Waals surface area contributed by atoms with Gasteiger partial charge < -0.3 is 10.4 Å². The maximum absolute atomic E-state index is 10.8. The van der Waals surface area contributed by atoms with Crippen molar-refractivity contribution in [3.05, 3.63) is 24.3 Å². The molecule has 1 unspecified atom stereocenters. The maximum Gasteiger partial charge on any atom is 0.326 e. The van der Waals surface area contributed by atoms with Gasteiger partial charge in [-0.1, -0.05) is 11.8 Å². The lowest BCUT2D eigenvalue weighted by Gasteiger charge is -2.10. The summed E-state index contributed by atoms with van der Waals surface area (Å²) in [7, 11) is 0. The van der Waals surface area contributed by atoms with E-state index < -0.39 is 12.0 Å². The van der Waals surface area contributed by atoms with Crippen molar-refractivity contribution in [3.8, 4) is 11.8 Å². The van der Waals surface area contributed by atoms with Crippen LogP contribution >= 0.6 is 0 Å². The number of nitrogens with zero attached hydrogens (tertiary/aromatic N) is 2. The van der Waals surface area contributed by atoms with E-state index in [4.69, 9.17) is 5.11 Å². The smallest absolute Gasteiger partial charge is 0.326 e. The Morgan fingerprint density at radius 3 is 2.67 bits per heavy atom. The molecule has 6 nitrogen and oxygen atoms in total. The first-order valence-corrected chi connectivity index (χ1v) is 5.33. The van der Waals surface area contributed by atoms with Gasteiger partial charge in [-0.25, -0.2) is 14.8 Å². The highest BCUT2D eigenvalue weighted by Gasteiger charge is 2.16. The highest BCUT2D eigenvalue weighted by molar-refractivity contribution is 5.82. The summed E-state index contributed by atoms with van der Waals surface area (Å²) in [6, 6.07) is -0.899. The van der Waals surface area contributed by atoms with Crippen molar-refractivity contribution in [2.45, 2.75) is 25.8 Å². The van der Waals surface area contributed by atoms with Crippen LogP contribution in [0.3, 0.4) is 0 Å². The standard InChI is InChI=1S/C12H13N3O3/c1-9(16)15-11(12(17)18)5-3-2-4-10-6-13-8-14-7-10/h6-8,11H,3,5H2,1H3,(H,15,16)(H,17,18). The van der Waals surface area contributed by atoms with Crippen molar-refractivity contribution >= 4 is 11.9 Å². The van der Waals surface area contributed by atoms with Crippen molar-refractivity contribution in [1.82, 2.24) is 15.3 Å². The van der Waals surface area contributed by atoms with E-state index in [1.165, 1.54) is 13.3 Å². The molecule has 1 atom stereocenters. The summed E-state index contributed by atoms with van der Waals surface area (Å²) in [5.74, 6) is 4.20. The Labute approximate surface area is 104 Å². The molecular weight excluding hydrogens is 234 g/mol. The van der Waals surface area contributed by atoms with Crippen LogP contribution in [0.4, 0.5) is 0 Å². The van der Waals surface area contributed by atoms with Crippen LogP contribution in [-0.2, 0) is 9.59 Å². The largest absolute Gasteiger partial charge is 0.480 e. The summed E-state index contributed by atoms with van der Waals surface area (Å²) in [6.07, 6.45) is 5.18. The first-order valence-electron chi connectivity index (χ1n) is 5.33. The molecule has 1 aromatic heterocycles. The molecular formula is C12H13N3O3. The summed E-state index contributed by atoms with van der Waals surface area (Å²) in [5, 5.41) is 11.2. The summed E-state index contributed by atoms with van der Waals surface area (Å²) in [5.41, 5.74) is 0.670. The van der Waals surface area contributed by atoms with Gasteiger partial charge in [-0.2, -0.15) is 0 Å². The van der Waals surface area contributed by atoms with E-state index in [0.29, 0.717) is 12.0 Å². The molecule has 0 aromatic carbocycles. The van der Waals surface area contributed by atoms with Crippen LogP contribution in [0.15, 0.2) is 18.7 Å². The highest BCUT2D eigenvalue weighted by atomic mass is 16.4. The van der Waals surface area contributed by atoms with Crippen LogP contribution < -0.4 is 5.32 Å². The molecule has 2 N–H and O–H groups in total. The number of hydrogen-bond donors (Lipinski definition) is 2. The Balaban J connectivity index is 2.47. The molecule has 0 aliphatic heterocycles. The predicted molar refractivity (Wildman–Crippen MR) is 63.4 cm³/mol. The van der Waals surface area contributed by atoms with E-state index in [9.17, 15) is 9.59 Å². The van der Waals surface area contributed by atoms with Crippen molar-refractivity contribution < 1.29 is 14.7 Å². The Morgan fingerprint density at radius 2 is 2.11 bits per heavy atom. The zero-order valence-corrected chi connectivity index (χ0v) is 9.88. The van der Waals surface area contributed by atoms with Crippen LogP contribution in [0.1, 0.15) is 25.3 Å². The van der Waals surface area contributed by atoms with Crippen molar-refractivity contribution in [1.29, 1.82) is 0 Å². The lowest BCUT2D eigenvalue weighted by molar-refractivity contribution is -0.141. The minimum Gasteiger partial charge on any atom is -0.480 e. The van der Waals surface area contributed by atoms with Crippen molar-refractivity contribution in [3.63, 3.8) is 0 Å². The van der Waals surface area contributed by atoms with Gasteiger partial charge >= 0.3 is 5.97 Å². The first kappa shape index (κ1) is 13.6. The van der Waals surface area contributed by atoms with Gasteiger partial charge in [0, 0.05) is 25.7 Å². The fourth-order valence-electron chi connectivity index (χ4n) is 1.25. The van der Waals surface area contributed by atoms with Crippen LogP contribution in [0.2, 0.25) is 0 Å². The third kappa shape index (κ3) is 5.07. The predicted octanol–water partition coefficient (Wildman–Crippen LogP) is 0.198. The number of carboxylic acid groups (broad SMARTS) is 1. The molecule has 1 heterocycles. The normalized spacial score (nSPS) is 10.9. The molecule has 18 heavy (non-hydrogen) atoms. The molecule has 0 fully saturated rings. The second-order valence-corrected chi connectivity index (χ2v) is 3.56. The number of amides is 1. The van der Waals surface area contributed by atoms with E-state index in [1.807, 2.05) is 0 Å². The Morgan fingerprint density at radius 1 is 1.44 bits per heavy atom. The molecule has 0 radical (unpaired) electrons. The first-order chi connectivity index (χ1) is 8.59. The fraction of sp³-hybridized carbons (Fsp3) is 0.333. The monoisotopic (exact) mass is 247 g/mol. The van der Waals surface area contributed by atoms with Crippen LogP contribution in [-0.4, -0.2) is 33.0 Å². The zero-order chi connectivity index (χ0) is 13.4. The Bertz CT molecular complexity index is 476. The third-order valence-electron chi connectivity index (χ3n) is 2.03. The van der Waals surface area contributed by atoms with E-state index in [-0.39, 0.29) is 12.3 Å². The van der Waals surface area contributed by atoms with E-state index in [1.54, 1.807) is 12.4 Å². The second kappa shape index (κ2) is 7.01. The molecule has 0 bridgehead atoms. The van der Waals surface area contributed by atoms with Gasteiger partial charge in [0.2, 0.25) is 5.91 Å². The van der Waals surface area contributed by atoms with E-state index in [0.717, 1.165) is 0 Å². The fourth-order valence-corrected chi connectivity index (χ4v) is 1.25. The van der Waals surface area contributed by atoms with Crippen molar-refractivity contribution in [2.24, 2.45) is 0 Å². The second-order valence-electron chi connectivity index (χ2n) is 3.56. The lowest BCUT2D eigenvalue weighted by Crippen LogP contribution is -2.39. The molecule has 1 rings (SSSR count). The SMILES string of the molecule is CC(=O)NC(CCC#Cc1cncnc1)C(=O)O. The average Bonchev–Trinajstić information content (AvgIpc) is 2.33. The molecule has 94 valence electrons. The number of nitrogens with one attached hydrogen (secondary N) is 1. The summed E-state index contributed by atoms with van der Waals surface area (Å²) in [4.78, 5) is 29.2. The van der Waals surface area contributed by atoms with Crippen molar-refractivity contribution in [2.75, 3.05) is 0 Å². The molecule has 1 amide bonds. The number of carbonyl (C=O) groups excluding carboxylic acids is 1. The molecule has 0 saturated carbocycles. The minimum absolute atomic E-state index is 0.260. The van der Waals surface area contributed by atoms with Gasteiger partial charge in [-0.15, -0.1) is 0 Å². The van der Waals surface area contributed by atoms with Crippen LogP contribution in [0.5, 0.6) is 0 Å². The zero-order valence-electron chi connectivity index (χ0n) is 9.88. The molecule has 1 aromatic rings. The molecule has 6 heteroatoms. The summed E-state index contributed by atoms with van der Waals surface area (Å²) in [6.45, 7) is 1.28. The number of aliphatic carboxylic acids is 1. The molecule has 0 spiro atoms. The summed E-state index contributed by atoms with van der Waals surface area (Å²) < 4.78 is 0. The average molecular weight is 247 g/mol. The quantitative estimate of drug-likeness (QED) is 0.741. The van der Waals surface area contributed by atoms with Crippen LogP contribution in [0.25, 0.3) is 0 Å². The molecule has 0 saturated heterocycles. The van der Waals surface area contributed by atoms with Gasteiger partial charge in [0.15, 0.2) is 0 Å². The van der Waals surface area contributed by atoms with Gasteiger partial charge in [0.25, 0.3) is 0 Å². The van der Waals surface area contributed by atoms with E-state index in [2.05, 4.69) is 27.1 Å². The Hall–Kier alpha value is -2.42. The summed E-state index contributed by atoms with van der Waals surface area (Å²) >= 11 is 0. The lowest BCUT2D eigenvalue weighted by atomic mass is 10.1. The van der Waals surface area contributed by atoms with Gasteiger partial charge in [0.05, 0.1) is 5.56 Å². The Kier molecular flexibility index (Phi) is 5.32. The van der Waals surface area contributed by atoms with E-state index >= 15 is 0 Å². The van der Waals surface area contributed by atoms with Gasteiger partial charge in [-0.05, 0) is 6.42 Å². The van der Waals surface area contributed by atoms with Gasteiger partial charge in [0.1, 0.15) is 12.4 Å². The number of carboxylic acids is 1. The number of aromatic nitrogens is 2.